The largest absolute Gasteiger partial charge is 0.394 e. The number of amides is 1. The van der Waals surface area contributed by atoms with E-state index in [1.54, 1.807) is 13.1 Å². The van der Waals surface area contributed by atoms with Gasteiger partial charge in [-0.25, -0.2) is 4.52 Å². The summed E-state index contributed by atoms with van der Waals surface area (Å²) < 4.78 is 1.52. The molecule has 28 heavy (non-hydrogen) atoms. The molecule has 3 N–H and O–H groups in total. The van der Waals surface area contributed by atoms with Crippen molar-refractivity contribution in [2.45, 2.75) is 45.6 Å². The summed E-state index contributed by atoms with van der Waals surface area (Å²) in [7, 11) is 0. The molecule has 0 spiro atoms. The maximum absolute atomic E-state index is 12.9. The summed E-state index contributed by atoms with van der Waals surface area (Å²) in [5.41, 5.74) is 5.01. The molecule has 0 aliphatic heterocycles. The van der Waals surface area contributed by atoms with Crippen LogP contribution in [0.15, 0.2) is 29.2 Å². The van der Waals surface area contributed by atoms with Crippen LogP contribution in [0.1, 0.15) is 52.9 Å². The van der Waals surface area contributed by atoms with Gasteiger partial charge in [0.15, 0.2) is 5.69 Å². The van der Waals surface area contributed by atoms with E-state index < -0.39 is 0 Å². The maximum Gasteiger partial charge on any atom is 0.274 e. The molecule has 1 saturated carbocycles. The number of aliphatic hydroxyl groups excluding tert-OH is 1. The topological polar surface area (TPSA) is 99.5 Å². The molecule has 1 amide bonds. The average Bonchev–Trinajstić information content (AvgIpc) is 3.43. The summed E-state index contributed by atoms with van der Waals surface area (Å²) in [6.45, 7) is 5.63. The summed E-state index contributed by atoms with van der Waals surface area (Å²) in [6, 6.07) is 5.62. The van der Waals surface area contributed by atoms with Gasteiger partial charge in [-0.1, -0.05) is 12.1 Å². The molecule has 4 rings (SSSR count). The lowest BCUT2D eigenvalue weighted by Gasteiger charge is -2.09. The molecule has 2 heterocycles. The van der Waals surface area contributed by atoms with Crippen LogP contribution in [0.4, 0.5) is 0 Å². The second-order valence-electron chi connectivity index (χ2n) is 7.68. The van der Waals surface area contributed by atoms with Gasteiger partial charge < -0.3 is 15.4 Å². The lowest BCUT2D eigenvalue weighted by molar-refractivity contribution is 0.0916. The Morgan fingerprint density at radius 1 is 1.36 bits per heavy atom. The van der Waals surface area contributed by atoms with Crippen LogP contribution in [-0.2, 0) is 0 Å². The van der Waals surface area contributed by atoms with Gasteiger partial charge in [0.05, 0.1) is 18.5 Å². The predicted octanol–water partition coefficient (Wildman–Crippen LogP) is 2.29. The first-order valence-electron chi connectivity index (χ1n) is 9.54. The average molecular weight is 380 g/mol. The molecule has 1 fully saturated rings. The summed E-state index contributed by atoms with van der Waals surface area (Å²) >= 11 is 0. The first kappa shape index (κ1) is 18.4. The number of benzene rings is 1. The van der Waals surface area contributed by atoms with Gasteiger partial charge in [0.25, 0.3) is 11.5 Å². The molecular weight excluding hydrogens is 356 g/mol. The van der Waals surface area contributed by atoms with E-state index in [0.29, 0.717) is 16.8 Å². The number of aromatic amines is 1. The monoisotopic (exact) mass is 380 g/mol. The van der Waals surface area contributed by atoms with Gasteiger partial charge >= 0.3 is 0 Å². The standard InChI is InChI=1S/C21H24N4O3/c1-11-4-5-15(8-12(11)2)16-9-25-19(21(28)23-16)17(14-6-7-14)18(24-25)20(27)22-13(3)10-26/h4-5,8-9,13-14,26H,6-7,10H2,1-3H3,(H,22,27)(H,23,28)/t13-/m1/s1. The van der Waals surface area contributed by atoms with Crippen LogP contribution in [0.25, 0.3) is 16.8 Å². The number of fused-ring (bicyclic) bond motifs is 1. The van der Waals surface area contributed by atoms with Crippen molar-refractivity contribution in [1.82, 2.24) is 19.9 Å². The fourth-order valence-corrected chi connectivity index (χ4v) is 3.42. The highest BCUT2D eigenvalue weighted by atomic mass is 16.3. The Morgan fingerprint density at radius 3 is 2.75 bits per heavy atom. The van der Waals surface area contributed by atoms with Crippen LogP contribution in [0, 0.1) is 13.8 Å². The van der Waals surface area contributed by atoms with Crippen LogP contribution in [0.3, 0.4) is 0 Å². The lowest BCUT2D eigenvalue weighted by atomic mass is 10.0. The Balaban J connectivity index is 1.85. The van der Waals surface area contributed by atoms with Crippen LogP contribution in [0.5, 0.6) is 0 Å². The van der Waals surface area contributed by atoms with E-state index in [1.807, 2.05) is 32.0 Å². The van der Waals surface area contributed by atoms with Crippen molar-refractivity contribution in [2.24, 2.45) is 0 Å². The molecule has 2 aromatic heterocycles. The van der Waals surface area contributed by atoms with Gasteiger partial charge in [-0.15, -0.1) is 0 Å². The maximum atomic E-state index is 12.9. The summed E-state index contributed by atoms with van der Waals surface area (Å²) in [5.74, 6) is -0.185. The zero-order valence-corrected chi connectivity index (χ0v) is 16.2. The highest BCUT2D eigenvalue weighted by molar-refractivity contribution is 5.96. The van der Waals surface area contributed by atoms with E-state index in [2.05, 4.69) is 15.4 Å². The van der Waals surface area contributed by atoms with E-state index in [0.717, 1.165) is 24.0 Å². The molecular formula is C21H24N4O3. The molecule has 0 radical (unpaired) electrons. The van der Waals surface area contributed by atoms with Crippen LogP contribution in [-0.4, -0.2) is 38.3 Å². The fraction of sp³-hybridized carbons (Fsp3) is 0.381. The van der Waals surface area contributed by atoms with E-state index in [-0.39, 0.29) is 35.7 Å². The molecule has 0 bridgehead atoms. The third-order valence-corrected chi connectivity index (χ3v) is 5.33. The molecule has 1 aromatic carbocycles. The third-order valence-electron chi connectivity index (χ3n) is 5.33. The van der Waals surface area contributed by atoms with Crippen molar-refractivity contribution >= 4 is 11.4 Å². The summed E-state index contributed by atoms with van der Waals surface area (Å²) in [6.07, 6.45) is 3.64. The summed E-state index contributed by atoms with van der Waals surface area (Å²) in [4.78, 5) is 28.5. The number of rotatable bonds is 5. The number of hydrogen-bond donors (Lipinski definition) is 3. The SMILES string of the molecule is Cc1ccc(-c2cn3nc(C(=O)N[C@H](C)CO)c(C4CC4)c3c(=O)[nH]2)cc1C. The number of nitrogens with zero attached hydrogens (tertiary/aromatic N) is 2. The minimum atomic E-state index is -0.381. The van der Waals surface area contributed by atoms with Crippen LogP contribution in [0.2, 0.25) is 0 Å². The van der Waals surface area contributed by atoms with Gasteiger partial charge in [0, 0.05) is 11.6 Å². The Morgan fingerprint density at radius 2 is 2.11 bits per heavy atom. The number of hydrogen-bond acceptors (Lipinski definition) is 4. The highest BCUT2D eigenvalue weighted by Gasteiger charge is 2.34. The molecule has 1 aliphatic carbocycles. The van der Waals surface area contributed by atoms with Crippen LogP contribution >= 0.6 is 0 Å². The highest BCUT2D eigenvalue weighted by Crippen LogP contribution is 2.43. The second kappa shape index (κ2) is 6.91. The Hall–Kier alpha value is -2.93. The number of H-pyrrole nitrogens is 1. The predicted molar refractivity (Wildman–Crippen MR) is 107 cm³/mol. The van der Waals surface area contributed by atoms with Crippen molar-refractivity contribution in [3.8, 4) is 11.3 Å². The van der Waals surface area contributed by atoms with E-state index in [4.69, 9.17) is 0 Å². The van der Waals surface area contributed by atoms with E-state index in [9.17, 15) is 14.7 Å². The van der Waals surface area contributed by atoms with Crippen molar-refractivity contribution in [3.05, 3.63) is 57.1 Å². The Bertz CT molecular complexity index is 1120. The van der Waals surface area contributed by atoms with E-state index >= 15 is 0 Å². The number of carbonyl (C=O) groups is 1. The minimum absolute atomic E-state index is 0.157. The quantitative estimate of drug-likeness (QED) is 0.632. The van der Waals surface area contributed by atoms with Crippen LogP contribution < -0.4 is 10.9 Å². The molecule has 7 nitrogen and oxygen atoms in total. The smallest absolute Gasteiger partial charge is 0.274 e. The molecule has 146 valence electrons. The molecule has 0 saturated heterocycles. The van der Waals surface area contributed by atoms with Gasteiger partial charge in [-0.2, -0.15) is 5.10 Å². The molecule has 7 heteroatoms. The zero-order chi connectivity index (χ0) is 20.0. The zero-order valence-electron chi connectivity index (χ0n) is 16.2. The van der Waals surface area contributed by atoms with Gasteiger partial charge in [0.2, 0.25) is 0 Å². The van der Waals surface area contributed by atoms with Crippen molar-refractivity contribution in [1.29, 1.82) is 0 Å². The van der Waals surface area contributed by atoms with Gasteiger partial charge in [0.1, 0.15) is 5.52 Å². The van der Waals surface area contributed by atoms with Crippen molar-refractivity contribution in [2.75, 3.05) is 6.61 Å². The third kappa shape index (κ3) is 3.22. The second-order valence-corrected chi connectivity index (χ2v) is 7.68. The molecule has 1 atom stereocenters. The van der Waals surface area contributed by atoms with Crippen molar-refractivity contribution in [3.63, 3.8) is 0 Å². The normalized spacial score (nSPS) is 15.0. The fourth-order valence-electron chi connectivity index (χ4n) is 3.42. The number of aromatic nitrogens is 3. The van der Waals surface area contributed by atoms with Gasteiger partial charge in [-0.3, -0.25) is 9.59 Å². The summed E-state index contributed by atoms with van der Waals surface area (Å²) in [5, 5.41) is 16.4. The lowest BCUT2D eigenvalue weighted by Crippen LogP contribution is -2.35. The van der Waals surface area contributed by atoms with Crippen molar-refractivity contribution < 1.29 is 9.90 Å². The Labute approximate surface area is 162 Å². The molecule has 1 aliphatic rings. The first-order valence-corrected chi connectivity index (χ1v) is 9.54. The first-order chi connectivity index (χ1) is 13.4. The van der Waals surface area contributed by atoms with Gasteiger partial charge in [-0.05, 0) is 62.3 Å². The number of aryl methyl sites for hydroxylation is 2. The number of nitrogens with one attached hydrogen (secondary N) is 2. The minimum Gasteiger partial charge on any atom is -0.394 e. The number of carbonyl (C=O) groups excluding carboxylic acids is 1. The molecule has 0 unspecified atom stereocenters. The molecule has 3 aromatic rings. The number of aliphatic hydroxyl groups is 1. The van der Waals surface area contributed by atoms with E-state index in [1.165, 1.54) is 10.1 Å². The Kier molecular flexibility index (Phi) is 4.55.